The van der Waals surface area contributed by atoms with Crippen molar-refractivity contribution in [3.63, 3.8) is 0 Å². The van der Waals surface area contributed by atoms with Crippen LogP contribution in [0.15, 0.2) is 48.5 Å². The molecule has 0 saturated heterocycles. The molecule has 2 N–H and O–H groups in total. The lowest BCUT2D eigenvalue weighted by atomic mass is 10.2. The first-order valence-corrected chi connectivity index (χ1v) is 6.85. The van der Waals surface area contributed by atoms with Gasteiger partial charge in [-0.3, -0.25) is 19.7 Å². The second kappa shape index (κ2) is 7.17. The topological polar surface area (TPSA) is 101 Å². The first kappa shape index (κ1) is 16.2. The maximum absolute atomic E-state index is 11.9. The molecule has 7 nitrogen and oxygen atoms in total. The van der Waals surface area contributed by atoms with Gasteiger partial charge in [-0.15, -0.1) is 0 Å². The van der Waals surface area contributed by atoms with Gasteiger partial charge < -0.3 is 10.6 Å². The molecule has 0 radical (unpaired) electrons. The van der Waals surface area contributed by atoms with Gasteiger partial charge in [-0.2, -0.15) is 0 Å². The average molecular weight is 313 g/mol. The van der Waals surface area contributed by atoms with Gasteiger partial charge in [0.25, 0.3) is 11.6 Å². The fraction of sp³-hybridized carbons (Fsp3) is 0.125. The first-order valence-electron chi connectivity index (χ1n) is 6.85. The highest BCUT2D eigenvalue weighted by molar-refractivity contribution is 5.99. The first-order chi connectivity index (χ1) is 11.0. The Kier molecular flexibility index (Phi) is 5.03. The minimum Gasteiger partial charge on any atom is -0.343 e. The van der Waals surface area contributed by atoms with E-state index in [1.165, 1.54) is 18.2 Å². The third kappa shape index (κ3) is 4.37. The zero-order chi connectivity index (χ0) is 16.8. The van der Waals surface area contributed by atoms with Crippen LogP contribution in [-0.2, 0) is 4.79 Å². The molecular weight excluding hydrogens is 298 g/mol. The number of hydrogen-bond donors (Lipinski definition) is 2. The summed E-state index contributed by atoms with van der Waals surface area (Å²) >= 11 is 0. The summed E-state index contributed by atoms with van der Waals surface area (Å²) in [5, 5.41) is 15.8. The van der Waals surface area contributed by atoms with E-state index in [2.05, 4.69) is 10.6 Å². The van der Waals surface area contributed by atoms with E-state index in [0.717, 1.165) is 11.6 Å². The quantitative estimate of drug-likeness (QED) is 0.653. The van der Waals surface area contributed by atoms with E-state index >= 15 is 0 Å². The Hall–Kier alpha value is -3.22. The van der Waals surface area contributed by atoms with Crippen LogP contribution in [0, 0.1) is 17.0 Å². The summed E-state index contributed by atoms with van der Waals surface area (Å²) < 4.78 is 0. The maximum atomic E-state index is 11.9. The number of hydrogen-bond acceptors (Lipinski definition) is 4. The van der Waals surface area contributed by atoms with Crippen molar-refractivity contribution in [2.45, 2.75) is 6.92 Å². The SMILES string of the molecule is Cc1ccccc1NC(=O)CNC(=O)c1cccc([N+](=O)[O-])c1. The zero-order valence-corrected chi connectivity index (χ0v) is 12.4. The Morgan fingerprint density at radius 2 is 1.87 bits per heavy atom. The number of non-ortho nitro benzene ring substituents is 1. The van der Waals surface area contributed by atoms with Crippen LogP contribution >= 0.6 is 0 Å². The molecule has 2 amide bonds. The van der Waals surface area contributed by atoms with Crippen LogP contribution in [0.25, 0.3) is 0 Å². The van der Waals surface area contributed by atoms with Gasteiger partial charge in [-0.05, 0) is 24.6 Å². The van der Waals surface area contributed by atoms with Crippen LogP contribution in [-0.4, -0.2) is 23.3 Å². The number of nitro groups is 1. The molecule has 7 heteroatoms. The molecule has 0 fully saturated rings. The van der Waals surface area contributed by atoms with Crippen LogP contribution in [0.3, 0.4) is 0 Å². The summed E-state index contributed by atoms with van der Waals surface area (Å²) in [6, 6.07) is 12.6. The molecule has 0 atom stereocenters. The number of nitro benzene ring substituents is 1. The average Bonchev–Trinajstić information content (AvgIpc) is 2.55. The van der Waals surface area contributed by atoms with Crippen molar-refractivity contribution in [1.82, 2.24) is 5.32 Å². The lowest BCUT2D eigenvalue weighted by molar-refractivity contribution is -0.384. The smallest absolute Gasteiger partial charge is 0.270 e. The van der Waals surface area contributed by atoms with Crippen molar-refractivity contribution >= 4 is 23.2 Å². The Labute approximate surface area is 132 Å². The van der Waals surface area contributed by atoms with Gasteiger partial charge in [0.05, 0.1) is 11.5 Å². The minimum atomic E-state index is -0.582. The number of nitrogens with zero attached hydrogens (tertiary/aromatic N) is 1. The normalized spacial score (nSPS) is 9.96. The second-order valence-corrected chi connectivity index (χ2v) is 4.85. The number of amides is 2. The maximum Gasteiger partial charge on any atom is 0.270 e. The van der Waals surface area contributed by atoms with Crippen LogP contribution in [0.1, 0.15) is 15.9 Å². The molecule has 0 spiro atoms. The molecule has 0 aromatic heterocycles. The molecule has 118 valence electrons. The van der Waals surface area contributed by atoms with Crippen LogP contribution in [0.4, 0.5) is 11.4 Å². The van der Waals surface area contributed by atoms with E-state index in [4.69, 9.17) is 0 Å². The summed E-state index contributed by atoms with van der Waals surface area (Å²) in [7, 11) is 0. The summed E-state index contributed by atoms with van der Waals surface area (Å²) in [5.41, 5.74) is 1.53. The zero-order valence-electron chi connectivity index (χ0n) is 12.4. The number of benzene rings is 2. The third-order valence-electron chi connectivity index (χ3n) is 3.15. The van der Waals surface area contributed by atoms with Crippen molar-refractivity contribution in [1.29, 1.82) is 0 Å². The largest absolute Gasteiger partial charge is 0.343 e. The van der Waals surface area contributed by atoms with Crippen LogP contribution < -0.4 is 10.6 Å². The molecule has 23 heavy (non-hydrogen) atoms. The number of nitrogens with one attached hydrogen (secondary N) is 2. The molecule has 2 rings (SSSR count). The van der Waals surface area contributed by atoms with Crippen molar-refractivity contribution < 1.29 is 14.5 Å². The molecule has 0 unspecified atom stereocenters. The van der Waals surface area contributed by atoms with Gasteiger partial charge in [0.2, 0.25) is 5.91 Å². The highest BCUT2D eigenvalue weighted by Crippen LogP contribution is 2.14. The third-order valence-corrected chi connectivity index (χ3v) is 3.15. The molecule has 0 aliphatic heterocycles. The summed E-state index contributed by atoms with van der Waals surface area (Å²) in [6.45, 7) is 1.63. The van der Waals surface area contributed by atoms with Gasteiger partial charge in [0, 0.05) is 23.4 Å². The number of carbonyl (C=O) groups is 2. The van der Waals surface area contributed by atoms with Gasteiger partial charge in [0.15, 0.2) is 0 Å². The van der Waals surface area contributed by atoms with Crippen LogP contribution in [0.2, 0.25) is 0 Å². The number of rotatable bonds is 5. The van der Waals surface area contributed by atoms with E-state index in [0.29, 0.717) is 5.69 Å². The number of carbonyl (C=O) groups excluding carboxylic acids is 2. The van der Waals surface area contributed by atoms with E-state index in [-0.39, 0.29) is 23.7 Å². The Morgan fingerprint density at radius 1 is 1.13 bits per heavy atom. The number of para-hydroxylation sites is 1. The summed E-state index contributed by atoms with van der Waals surface area (Å²) in [4.78, 5) is 33.9. The number of aryl methyl sites for hydroxylation is 1. The standard InChI is InChI=1S/C16H15N3O4/c1-11-5-2-3-8-14(11)18-15(20)10-17-16(21)12-6-4-7-13(9-12)19(22)23/h2-9H,10H2,1H3,(H,17,21)(H,18,20). The van der Waals surface area contributed by atoms with Crippen LogP contribution in [0.5, 0.6) is 0 Å². The van der Waals surface area contributed by atoms with Gasteiger partial charge in [0.1, 0.15) is 0 Å². The predicted octanol–water partition coefficient (Wildman–Crippen LogP) is 2.27. The van der Waals surface area contributed by atoms with Crippen molar-refractivity contribution in [3.8, 4) is 0 Å². The molecule has 0 aliphatic rings. The number of anilines is 1. The van der Waals surface area contributed by atoms with Gasteiger partial charge in [-0.1, -0.05) is 24.3 Å². The molecule has 0 heterocycles. The van der Waals surface area contributed by atoms with Gasteiger partial charge >= 0.3 is 0 Å². The fourth-order valence-corrected chi connectivity index (χ4v) is 1.93. The lowest BCUT2D eigenvalue weighted by Crippen LogP contribution is -2.33. The predicted molar refractivity (Wildman–Crippen MR) is 85.2 cm³/mol. The Bertz CT molecular complexity index is 758. The Morgan fingerprint density at radius 3 is 2.57 bits per heavy atom. The second-order valence-electron chi connectivity index (χ2n) is 4.85. The van der Waals surface area contributed by atoms with E-state index in [9.17, 15) is 19.7 Å². The Balaban J connectivity index is 1.94. The van der Waals surface area contributed by atoms with E-state index in [1.807, 2.05) is 19.1 Å². The van der Waals surface area contributed by atoms with E-state index in [1.54, 1.807) is 12.1 Å². The van der Waals surface area contributed by atoms with Crippen molar-refractivity contribution in [2.75, 3.05) is 11.9 Å². The summed E-state index contributed by atoms with van der Waals surface area (Å²) in [5.74, 6) is -0.924. The molecular formula is C16H15N3O4. The highest BCUT2D eigenvalue weighted by Gasteiger charge is 2.12. The molecule has 0 bridgehead atoms. The van der Waals surface area contributed by atoms with Gasteiger partial charge in [-0.25, -0.2) is 0 Å². The van der Waals surface area contributed by atoms with Crippen molar-refractivity contribution in [2.24, 2.45) is 0 Å². The molecule has 2 aromatic rings. The minimum absolute atomic E-state index is 0.128. The summed E-state index contributed by atoms with van der Waals surface area (Å²) in [6.07, 6.45) is 0. The van der Waals surface area contributed by atoms with Crippen molar-refractivity contribution in [3.05, 3.63) is 69.8 Å². The molecule has 2 aromatic carbocycles. The lowest BCUT2D eigenvalue weighted by Gasteiger charge is -2.09. The highest BCUT2D eigenvalue weighted by atomic mass is 16.6. The van der Waals surface area contributed by atoms with E-state index < -0.39 is 10.8 Å². The fourth-order valence-electron chi connectivity index (χ4n) is 1.93. The molecule has 0 saturated carbocycles. The molecule has 0 aliphatic carbocycles. The monoisotopic (exact) mass is 313 g/mol.